The van der Waals surface area contributed by atoms with Crippen LogP contribution in [0.15, 0.2) is 48.5 Å². The Hall–Kier alpha value is -3.94. The van der Waals surface area contributed by atoms with Crippen LogP contribution < -0.4 is 10.2 Å². The number of carbonyl (C=O) groups excluding carboxylic acids is 3. The molecule has 0 spiro atoms. The number of aryl methyl sites for hydroxylation is 2. The van der Waals surface area contributed by atoms with Gasteiger partial charge in [-0.1, -0.05) is 30.3 Å². The highest BCUT2D eigenvalue weighted by molar-refractivity contribution is 6.16. The van der Waals surface area contributed by atoms with Crippen LogP contribution in [0.25, 0.3) is 0 Å². The molecule has 0 aliphatic carbocycles. The minimum Gasteiger partial charge on any atom is -0.323 e. The maximum absolute atomic E-state index is 13.4. The number of aromatic amines is 1. The van der Waals surface area contributed by atoms with Crippen molar-refractivity contribution in [1.82, 2.24) is 15.1 Å². The molecule has 0 bridgehead atoms. The van der Waals surface area contributed by atoms with Crippen molar-refractivity contribution in [3.63, 3.8) is 0 Å². The van der Waals surface area contributed by atoms with E-state index in [4.69, 9.17) is 0 Å². The highest BCUT2D eigenvalue weighted by Gasteiger charge is 2.47. The standard InChI is InChI=1S/C23H21N5O3/c1-13-20(14(2)26-25-13)24-19(29)11-12-27-21-15-7-3-4-8-16(15)23(31)28(21)18-10-6-5-9-17(18)22(27)30/h3-10,21H,11-12H2,1-2H3,(H,24,29)(H,25,26). The summed E-state index contributed by atoms with van der Waals surface area (Å²) in [4.78, 5) is 42.4. The molecular weight excluding hydrogens is 394 g/mol. The summed E-state index contributed by atoms with van der Waals surface area (Å²) in [6, 6.07) is 14.4. The molecule has 2 aliphatic rings. The number of rotatable bonds is 4. The minimum absolute atomic E-state index is 0.0959. The third-order valence-electron chi connectivity index (χ3n) is 5.86. The van der Waals surface area contributed by atoms with E-state index in [-0.39, 0.29) is 30.7 Å². The molecule has 0 radical (unpaired) electrons. The van der Waals surface area contributed by atoms with Crippen LogP contribution in [-0.4, -0.2) is 39.4 Å². The zero-order valence-corrected chi connectivity index (χ0v) is 17.2. The SMILES string of the molecule is Cc1n[nH]c(C)c1NC(=O)CCN1C(=O)c2ccccc2N2C(=O)c3ccccc3C12. The van der Waals surface area contributed by atoms with Crippen LogP contribution in [0.4, 0.5) is 11.4 Å². The maximum atomic E-state index is 13.4. The van der Waals surface area contributed by atoms with E-state index >= 15 is 0 Å². The lowest BCUT2D eigenvalue weighted by Crippen LogP contribution is -2.49. The van der Waals surface area contributed by atoms with E-state index in [2.05, 4.69) is 15.5 Å². The molecule has 1 atom stereocenters. The van der Waals surface area contributed by atoms with Gasteiger partial charge < -0.3 is 10.2 Å². The summed E-state index contributed by atoms with van der Waals surface area (Å²) < 4.78 is 0. The number of H-pyrrole nitrogens is 1. The molecule has 0 saturated carbocycles. The number of fused-ring (bicyclic) bond motifs is 5. The highest BCUT2D eigenvalue weighted by atomic mass is 16.2. The molecule has 3 heterocycles. The Labute approximate surface area is 178 Å². The number of benzene rings is 2. The van der Waals surface area contributed by atoms with Gasteiger partial charge in [-0.3, -0.25) is 24.4 Å². The third-order valence-corrected chi connectivity index (χ3v) is 5.86. The van der Waals surface area contributed by atoms with Crippen molar-refractivity contribution in [3.05, 3.63) is 76.6 Å². The summed E-state index contributed by atoms with van der Waals surface area (Å²) in [5.41, 5.74) is 4.55. The molecule has 3 aromatic rings. The van der Waals surface area contributed by atoms with E-state index in [9.17, 15) is 14.4 Å². The topological polar surface area (TPSA) is 98.4 Å². The number of amides is 3. The number of para-hydroxylation sites is 1. The number of carbonyl (C=O) groups is 3. The van der Waals surface area contributed by atoms with E-state index in [0.29, 0.717) is 28.2 Å². The fourth-order valence-electron chi connectivity index (χ4n) is 4.36. The van der Waals surface area contributed by atoms with Gasteiger partial charge in [0.2, 0.25) is 5.91 Å². The first kappa shape index (κ1) is 19.0. The van der Waals surface area contributed by atoms with Crippen molar-refractivity contribution in [2.45, 2.75) is 26.4 Å². The number of hydrogen-bond acceptors (Lipinski definition) is 4. The minimum atomic E-state index is -0.559. The summed E-state index contributed by atoms with van der Waals surface area (Å²) in [6.45, 7) is 3.82. The third kappa shape index (κ3) is 2.91. The lowest BCUT2D eigenvalue weighted by atomic mass is 10.0. The van der Waals surface area contributed by atoms with Gasteiger partial charge in [0.05, 0.1) is 28.3 Å². The van der Waals surface area contributed by atoms with E-state index < -0.39 is 6.17 Å². The van der Waals surface area contributed by atoms with Crippen LogP contribution in [0.1, 0.15) is 50.3 Å². The summed E-state index contributed by atoms with van der Waals surface area (Å²) in [7, 11) is 0. The van der Waals surface area contributed by atoms with Gasteiger partial charge >= 0.3 is 0 Å². The molecular formula is C23H21N5O3. The fourth-order valence-corrected chi connectivity index (χ4v) is 4.36. The van der Waals surface area contributed by atoms with Gasteiger partial charge in [0, 0.05) is 24.1 Å². The monoisotopic (exact) mass is 415 g/mol. The van der Waals surface area contributed by atoms with Crippen LogP contribution in [0.2, 0.25) is 0 Å². The van der Waals surface area contributed by atoms with Crippen LogP contribution in [0.3, 0.4) is 0 Å². The van der Waals surface area contributed by atoms with Gasteiger partial charge in [-0.25, -0.2) is 0 Å². The molecule has 8 nitrogen and oxygen atoms in total. The molecule has 8 heteroatoms. The van der Waals surface area contributed by atoms with Crippen molar-refractivity contribution in [2.75, 3.05) is 16.8 Å². The Kier molecular flexibility index (Phi) is 4.35. The zero-order chi connectivity index (χ0) is 21.7. The predicted molar refractivity (Wildman–Crippen MR) is 115 cm³/mol. The number of nitrogens with one attached hydrogen (secondary N) is 2. The predicted octanol–water partition coefficient (Wildman–Crippen LogP) is 3.17. The van der Waals surface area contributed by atoms with E-state index in [1.165, 1.54) is 0 Å². The van der Waals surface area contributed by atoms with Gasteiger partial charge in [-0.15, -0.1) is 0 Å². The summed E-state index contributed by atoms with van der Waals surface area (Å²) in [5, 5.41) is 9.79. The Bertz CT molecular complexity index is 1210. The van der Waals surface area contributed by atoms with Crippen LogP contribution in [0, 0.1) is 13.8 Å². The normalized spacial score (nSPS) is 16.8. The van der Waals surface area contributed by atoms with Crippen LogP contribution in [0.5, 0.6) is 0 Å². The van der Waals surface area contributed by atoms with Gasteiger partial charge in [0.1, 0.15) is 6.17 Å². The van der Waals surface area contributed by atoms with Crippen molar-refractivity contribution < 1.29 is 14.4 Å². The molecule has 31 heavy (non-hydrogen) atoms. The van der Waals surface area contributed by atoms with Gasteiger partial charge in [-0.05, 0) is 32.0 Å². The smallest absolute Gasteiger partial charge is 0.260 e. The molecule has 1 aromatic heterocycles. The van der Waals surface area contributed by atoms with Crippen LogP contribution in [-0.2, 0) is 4.79 Å². The molecule has 2 N–H and O–H groups in total. The number of anilines is 2. The summed E-state index contributed by atoms with van der Waals surface area (Å²) >= 11 is 0. The Morgan fingerprint density at radius 2 is 1.74 bits per heavy atom. The second kappa shape index (κ2) is 7.09. The number of nitrogens with zero attached hydrogens (tertiary/aromatic N) is 3. The largest absolute Gasteiger partial charge is 0.323 e. The number of aromatic nitrogens is 2. The first-order valence-electron chi connectivity index (χ1n) is 10.1. The first-order chi connectivity index (χ1) is 15.0. The molecule has 0 saturated heterocycles. The second-order valence-corrected chi connectivity index (χ2v) is 7.76. The van der Waals surface area contributed by atoms with Crippen molar-refractivity contribution in [1.29, 1.82) is 0 Å². The first-order valence-corrected chi connectivity index (χ1v) is 10.1. The average Bonchev–Trinajstić information content (AvgIpc) is 3.25. The molecule has 1 unspecified atom stereocenters. The van der Waals surface area contributed by atoms with Crippen LogP contribution >= 0.6 is 0 Å². The Morgan fingerprint density at radius 3 is 2.48 bits per heavy atom. The summed E-state index contributed by atoms with van der Waals surface area (Å²) in [5.74, 6) is -0.548. The van der Waals surface area contributed by atoms with E-state index in [1.54, 1.807) is 34.1 Å². The molecule has 0 fully saturated rings. The Balaban J connectivity index is 1.46. The van der Waals surface area contributed by atoms with Crippen molar-refractivity contribution >= 4 is 29.1 Å². The zero-order valence-electron chi connectivity index (χ0n) is 17.2. The lowest BCUT2D eigenvalue weighted by molar-refractivity contribution is -0.116. The molecule has 5 rings (SSSR count). The van der Waals surface area contributed by atoms with E-state index in [0.717, 1.165) is 11.3 Å². The van der Waals surface area contributed by atoms with Gasteiger partial charge in [0.15, 0.2) is 0 Å². The molecule has 156 valence electrons. The Morgan fingerprint density at radius 1 is 1.03 bits per heavy atom. The molecule has 2 aromatic carbocycles. The van der Waals surface area contributed by atoms with Gasteiger partial charge in [0.25, 0.3) is 11.8 Å². The summed E-state index contributed by atoms with van der Waals surface area (Å²) in [6.07, 6.45) is -0.463. The highest BCUT2D eigenvalue weighted by Crippen LogP contribution is 2.45. The van der Waals surface area contributed by atoms with E-state index in [1.807, 2.05) is 38.1 Å². The van der Waals surface area contributed by atoms with Gasteiger partial charge in [-0.2, -0.15) is 5.10 Å². The number of hydrogen-bond donors (Lipinski definition) is 2. The molecule has 2 aliphatic heterocycles. The van der Waals surface area contributed by atoms with Crippen molar-refractivity contribution in [3.8, 4) is 0 Å². The maximum Gasteiger partial charge on any atom is 0.260 e. The lowest BCUT2D eigenvalue weighted by Gasteiger charge is -2.40. The quantitative estimate of drug-likeness (QED) is 0.684. The molecule has 3 amide bonds. The average molecular weight is 415 g/mol. The fraction of sp³-hybridized carbons (Fsp3) is 0.217. The van der Waals surface area contributed by atoms with Crippen molar-refractivity contribution in [2.24, 2.45) is 0 Å². The second-order valence-electron chi connectivity index (χ2n) is 7.76.